The second kappa shape index (κ2) is 5.91. The molecule has 0 N–H and O–H groups in total. The molecule has 4 nitrogen and oxygen atoms in total. The van der Waals surface area contributed by atoms with Crippen molar-refractivity contribution in [3.8, 4) is 16.9 Å². The maximum atomic E-state index is 12.6. The topological polar surface area (TPSA) is 52.4 Å². The number of hydrogen-bond acceptors (Lipinski definition) is 3. The van der Waals surface area contributed by atoms with E-state index in [9.17, 15) is 10.0 Å². The smallest absolute Gasteiger partial charge is 0.272 e. The Morgan fingerprint density at radius 3 is 2.16 bits per heavy atom. The summed E-state index contributed by atoms with van der Waals surface area (Å²) in [6.07, 6.45) is 0. The van der Waals surface area contributed by atoms with E-state index in [-0.39, 0.29) is 11.5 Å². The summed E-state index contributed by atoms with van der Waals surface area (Å²) >= 11 is 0. The van der Waals surface area contributed by atoms with Crippen molar-refractivity contribution >= 4 is 17.2 Å². The Hall–Kier alpha value is -3.40. The summed E-state index contributed by atoms with van der Waals surface area (Å²) in [7, 11) is 1.53. The van der Waals surface area contributed by atoms with E-state index < -0.39 is 0 Å². The molecule has 0 bridgehead atoms. The molecule has 4 heteroatoms. The number of ether oxygens (including phenoxy) is 1. The first-order valence-corrected chi connectivity index (χ1v) is 7.92. The zero-order chi connectivity index (χ0) is 17.4. The fourth-order valence-corrected chi connectivity index (χ4v) is 3.04. The molecule has 0 spiro atoms. The van der Waals surface area contributed by atoms with Crippen LogP contribution in [0, 0.1) is 5.21 Å². The molecular formula is C21H15NO3. The summed E-state index contributed by atoms with van der Waals surface area (Å²) in [5.41, 5.74) is 3.60. The molecule has 0 atom stereocenters. The van der Waals surface area contributed by atoms with E-state index in [1.54, 1.807) is 18.2 Å². The van der Waals surface area contributed by atoms with E-state index in [0.29, 0.717) is 27.3 Å². The summed E-state index contributed by atoms with van der Waals surface area (Å²) in [4.78, 5) is 12.6. The predicted molar refractivity (Wildman–Crippen MR) is 96.6 cm³/mol. The van der Waals surface area contributed by atoms with Crippen molar-refractivity contribution in [3.63, 3.8) is 0 Å². The number of rotatable bonds is 3. The third-order valence-electron chi connectivity index (χ3n) is 4.35. The van der Waals surface area contributed by atoms with Crippen LogP contribution in [-0.2, 0) is 0 Å². The van der Waals surface area contributed by atoms with Gasteiger partial charge in [0.25, 0.3) is 11.5 Å². The molecule has 122 valence electrons. The molecule has 4 rings (SSSR count). The number of benzene rings is 3. The molecule has 25 heavy (non-hydrogen) atoms. The molecule has 3 aromatic carbocycles. The standard InChI is InChI=1S/C21H15NO3/c1-25-17-11-12-18-19(13-17)22(24)20(21(18)23)16-9-7-15(8-10-16)14-5-3-2-4-6-14/h2-13H,1H3. The molecule has 1 heterocycles. The van der Waals surface area contributed by atoms with Crippen molar-refractivity contribution < 1.29 is 14.3 Å². The van der Waals surface area contributed by atoms with E-state index in [4.69, 9.17) is 4.74 Å². The van der Waals surface area contributed by atoms with Gasteiger partial charge in [-0.05, 0) is 35.4 Å². The normalized spacial score (nSPS) is 13.1. The Bertz CT molecular complexity index is 989. The van der Waals surface area contributed by atoms with Gasteiger partial charge in [0.05, 0.1) is 18.7 Å². The van der Waals surface area contributed by atoms with Gasteiger partial charge in [0.1, 0.15) is 11.3 Å². The van der Waals surface area contributed by atoms with Gasteiger partial charge in [-0.15, -0.1) is 0 Å². The van der Waals surface area contributed by atoms with Gasteiger partial charge in [0, 0.05) is 0 Å². The van der Waals surface area contributed by atoms with Gasteiger partial charge in [0.15, 0.2) is 0 Å². The monoisotopic (exact) mass is 329 g/mol. The van der Waals surface area contributed by atoms with Gasteiger partial charge < -0.3 is 9.94 Å². The first kappa shape index (κ1) is 15.1. The zero-order valence-electron chi connectivity index (χ0n) is 13.6. The average molecular weight is 329 g/mol. The molecule has 0 amide bonds. The van der Waals surface area contributed by atoms with Gasteiger partial charge in [0.2, 0.25) is 5.69 Å². The Labute approximate surface area is 145 Å². The highest BCUT2D eigenvalue weighted by molar-refractivity contribution is 6.52. The SMILES string of the molecule is COc1ccc2c(c1)[N+]([O-])=C(c1ccc(-c3ccccc3)cc1)C2=O. The van der Waals surface area contributed by atoms with Crippen molar-refractivity contribution in [1.29, 1.82) is 0 Å². The molecule has 0 fully saturated rings. The van der Waals surface area contributed by atoms with Crippen LogP contribution >= 0.6 is 0 Å². The van der Waals surface area contributed by atoms with Crippen molar-refractivity contribution in [2.24, 2.45) is 0 Å². The lowest BCUT2D eigenvalue weighted by atomic mass is 9.99. The van der Waals surface area contributed by atoms with Crippen LogP contribution in [0.1, 0.15) is 15.9 Å². The first-order chi connectivity index (χ1) is 12.2. The van der Waals surface area contributed by atoms with E-state index in [1.807, 2.05) is 54.6 Å². The number of methoxy groups -OCH3 is 1. The lowest BCUT2D eigenvalue weighted by Crippen LogP contribution is -2.16. The Morgan fingerprint density at radius 1 is 0.840 bits per heavy atom. The molecule has 0 aliphatic carbocycles. The third kappa shape index (κ3) is 2.48. The van der Waals surface area contributed by atoms with Gasteiger partial charge >= 0.3 is 0 Å². The van der Waals surface area contributed by atoms with Crippen LogP contribution in [0.2, 0.25) is 0 Å². The predicted octanol–water partition coefficient (Wildman–Crippen LogP) is 4.19. The molecular weight excluding hydrogens is 314 g/mol. The van der Waals surface area contributed by atoms with Gasteiger partial charge in [-0.3, -0.25) is 4.79 Å². The van der Waals surface area contributed by atoms with Gasteiger partial charge in [-0.2, -0.15) is 4.74 Å². The number of Topliss-reactive ketones (excluding diaryl/α,β-unsaturated/α-hetero) is 1. The number of ketones is 1. The molecule has 1 aliphatic rings. The third-order valence-corrected chi connectivity index (χ3v) is 4.35. The summed E-state index contributed by atoms with van der Waals surface area (Å²) < 4.78 is 5.83. The highest BCUT2D eigenvalue weighted by Crippen LogP contribution is 2.32. The Balaban J connectivity index is 1.75. The van der Waals surface area contributed by atoms with E-state index in [1.165, 1.54) is 7.11 Å². The molecule has 0 radical (unpaired) electrons. The highest BCUT2D eigenvalue weighted by atomic mass is 16.5. The lowest BCUT2D eigenvalue weighted by Gasteiger charge is -2.05. The largest absolute Gasteiger partial charge is 0.618 e. The molecule has 3 aromatic rings. The van der Waals surface area contributed by atoms with Crippen LogP contribution in [0.3, 0.4) is 0 Å². The quantitative estimate of drug-likeness (QED) is 0.535. The van der Waals surface area contributed by atoms with E-state index in [2.05, 4.69) is 0 Å². The van der Waals surface area contributed by atoms with Crippen molar-refractivity contribution in [2.45, 2.75) is 0 Å². The Kier molecular flexibility index (Phi) is 3.58. The van der Waals surface area contributed by atoms with Crippen LogP contribution in [0.5, 0.6) is 5.75 Å². The van der Waals surface area contributed by atoms with Crippen LogP contribution in [0.25, 0.3) is 11.1 Å². The molecule has 0 aromatic heterocycles. The van der Waals surface area contributed by atoms with Crippen molar-refractivity contribution in [3.05, 3.63) is 89.1 Å². The molecule has 0 unspecified atom stereocenters. The number of fused-ring (bicyclic) bond motifs is 1. The minimum Gasteiger partial charge on any atom is -0.618 e. The van der Waals surface area contributed by atoms with Crippen LogP contribution in [0.4, 0.5) is 5.69 Å². The summed E-state index contributed by atoms with van der Waals surface area (Å²) in [5.74, 6) is 0.285. The fraction of sp³-hybridized carbons (Fsp3) is 0.0476. The molecule has 0 saturated carbocycles. The number of carbonyl (C=O) groups is 1. The fourth-order valence-electron chi connectivity index (χ4n) is 3.04. The van der Waals surface area contributed by atoms with Crippen LogP contribution < -0.4 is 4.74 Å². The maximum absolute atomic E-state index is 12.6. The van der Waals surface area contributed by atoms with Gasteiger partial charge in [-0.25, -0.2) is 0 Å². The summed E-state index contributed by atoms with van der Waals surface area (Å²) in [6, 6.07) is 22.3. The van der Waals surface area contributed by atoms with Crippen LogP contribution in [0.15, 0.2) is 72.8 Å². The Morgan fingerprint density at radius 2 is 1.48 bits per heavy atom. The lowest BCUT2D eigenvalue weighted by molar-refractivity contribution is -0.355. The summed E-state index contributed by atoms with van der Waals surface area (Å²) in [5, 5.41) is 12.6. The summed E-state index contributed by atoms with van der Waals surface area (Å²) in [6.45, 7) is 0. The second-order valence-electron chi connectivity index (χ2n) is 5.80. The van der Waals surface area contributed by atoms with E-state index in [0.717, 1.165) is 11.1 Å². The molecule has 1 aliphatic heterocycles. The highest BCUT2D eigenvalue weighted by Gasteiger charge is 2.36. The number of carbonyl (C=O) groups excluding carboxylic acids is 1. The second-order valence-corrected chi connectivity index (χ2v) is 5.80. The zero-order valence-corrected chi connectivity index (χ0v) is 13.6. The minimum atomic E-state index is -0.264. The minimum absolute atomic E-state index is 0.142. The first-order valence-electron chi connectivity index (χ1n) is 7.92. The number of hydrogen-bond donors (Lipinski definition) is 0. The van der Waals surface area contributed by atoms with Crippen molar-refractivity contribution in [2.75, 3.05) is 7.11 Å². The van der Waals surface area contributed by atoms with E-state index >= 15 is 0 Å². The van der Waals surface area contributed by atoms with Gasteiger partial charge in [-0.1, -0.05) is 42.5 Å². The van der Waals surface area contributed by atoms with Crippen LogP contribution in [-0.4, -0.2) is 23.3 Å². The number of nitrogens with zero attached hydrogens (tertiary/aromatic N) is 1. The molecule has 0 saturated heterocycles. The van der Waals surface area contributed by atoms with Crippen molar-refractivity contribution in [1.82, 2.24) is 0 Å². The maximum Gasteiger partial charge on any atom is 0.272 e. The average Bonchev–Trinajstić information content (AvgIpc) is 2.92.